The lowest BCUT2D eigenvalue weighted by Crippen LogP contribution is -2.23. The zero-order valence-electron chi connectivity index (χ0n) is 10.6. The number of rotatable bonds is 5. The molecule has 0 aromatic carbocycles. The van der Waals surface area contributed by atoms with E-state index in [1.54, 1.807) is 0 Å². The number of hydrogen-bond donors (Lipinski definition) is 1. The summed E-state index contributed by atoms with van der Waals surface area (Å²) < 4.78 is 5.60. The van der Waals surface area contributed by atoms with Gasteiger partial charge in [-0.25, -0.2) is 9.97 Å². The van der Waals surface area contributed by atoms with Gasteiger partial charge in [0.15, 0.2) is 0 Å². The standard InChI is InChI=1S/C13H21N3O/c1-10(2)15-9-11-5-6-14-13(16-11)8-12-4-3-7-17-12/h5-6,10,12,15H,3-4,7-9H2,1-2H3. The molecule has 0 saturated carbocycles. The highest BCUT2D eigenvalue weighted by Crippen LogP contribution is 2.15. The maximum Gasteiger partial charge on any atom is 0.131 e. The smallest absolute Gasteiger partial charge is 0.131 e. The molecule has 1 aliphatic heterocycles. The van der Waals surface area contributed by atoms with Crippen LogP contribution in [0.3, 0.4) is 0 Å². The molecule has 0 radical (unpaired) electrons. The van der Waals surface area contributed by atoms with Crippen molar-refractivity contribution >= 4 is 0 Å². The Kier molecular flexibility index (Phi) is 4.45. The van der Waals surface area contributed by atoms with Crippen LogP contribution in [0, 0.1) is 0 Å². The maximum absolute atomic E-state index is 5.60. The lowest BCUT2D eigenvalue weighted by Gasteiger charge is -2.10. The minimum atomic E-state index is 0.323. The third kappa shape index (κ3) is 4.06. The van der Waals surface area contributed by atoms with E-state index in [1.807, 2.05) is 12.3 Å². The molecule has 4 nitrogen and oxygen atoms in total. The van der Waals surface area contributed by atoms with Crippen LogP contribution in [-0.4, -0.2) is 28.7 Å². The second-order valence-corrected chi connectivity index (χ2v) is 4.84. The van der Waals surface area contributed by atoms with E-state index in [0.717, 1.165) is 37.5 Å². The molecule has 0 amide bonds. The van der Waals surface area contributed by atoms with Gasteiger partial charge in [0.05, 0.1) is 11.8 Å². The quantitative estimate of drug-likeness (QED) is 0.843. The Morgan fingerprint density at radius 1 is 1.53 bits per heavy atom. The third-order valence-corrected chi connectivity index (χ3v) is 2.89. The first-order valence-electron chi connectivity index (χ1n) is 6.40. The molecule has 94 valence electrons. The van der Waals surface area contributed by atoms with Gasteiger partial charge in [0, 0.05) is 31.8 Å². The summed E-state index contributed by atoms with van der Waals surface area (Å²) >= 11 is 0. The summed E-state index contributed by atoms with van der Waals surface area (Å²) in [7, 11) is 0. The minimum absolute atomic E-state index is 0.323. The molecule has 0 bridgehead atoms. The number of nitrogens with zero attached hydrogens (tertiary/aromatic N) is 2. The molecule has 1 aliphatic rings. The Bertz CT molecular complexity index is 348. The Morgan fingerprint density at radius 3 is 3.12 bits per heavy atom. The van der Waals surface area contributed by atoms with Gasteiger partial charge >= 0.3 is 0 Å². The average molecular weight is 235 g/mol. The van der Waals surface area contributed by atoms with E-state index >= 15 is 0 Å². The van der Waals surface area contributed by atoms with Crippen molar-refractivity contribution in [3.63, 3.8) is 0 Å². The monoisotopic (exact) mass is 235 g/mol. The van der Waals surface area contributed by atoms with Crippen LogP contribution in [-0.2, 0) is 17.7 Å². The lowest BCUT2D eigenvalue weighted by molar-refractivity contribution is 0.110. The van der Waals surface area contributed by atoms with Gasteiger partial charge in [-0.2, -0.15) is 0 Å². The Labute approximate surface area is 103 Å². The molecule has 1 atom stereocenters. The summed E-state index contributed by atoms with van der Waals surface area (Å²) in [5, 5.41) is 3.36. The molecule has 1 unspecified atom stereocenters. The second kappa shape index (κ2) is 6.07. The minimum Gasteiger partial charge on any atom is -0.378 e. The molecular formula is C13H21N3O. The van der Waals surface area contributed by atoms with E-state index in [1.165, 1.54) is 6.42 Å². The van der Waals surface area contributed by atoms with Crippen LogP contribution in [0.2, 0.25) is 0 Å². The predicted octanol–water partition coefficient (Wildman–Crippen LogP) is 1.70. The first-order chi connectivity index (χ1) is 8.24. The van der Waals surface area contributed by atoms with Crippen LogP contribution in [0.25, 0.3) is 0 Å². The summed E-state index contributed by atoms with van der Waals surface area (Å²) in [6, 6.07) is 2.44. The zero-order chi connectivity index (χ0) is 12.1. The maximum atomic E-state index is 5.60. The van der Waals surface area contributed by atoms with Crippen molar-refractivity contribution in [1.29, 1.82) is 0 Å². The topological polar surface area (TPSA) is 47.0 Å². The van der Waals surface area contributed by atoms with Crippen molar-refractivity contribution in [1.82, 2.24) is 15.3 Å². The second-order valence-electron chi connectivity index (χ2n) is 4.84. The number of hydrogen-bond acceptors (Lipinski definition) is 4. The first kappa shape index (κ1) is 12.5. The van der Waals surface area contributed by atoms with Crippen molar-refractivity contribution in [2.75, 3.05) is 6.61 Å². The molecular weight excluding hydrogens is 214 g/mol. The zero-order valence-corrected chi connectivity index (χ0v) is 10.6. The van der Waals surface area contributed by atoms with Crippen LogP contribution >= 0.6 is 0 Å². The van der Waals surface area contributed by atoms with Crippen molar-refractivity contribution in [2.24, 2.45) is 0 Å². The Balaban J connectivity index is 1.91. The molecule has 4 heteroatoms. The van der Waals surface area contributed by atoms with Gasteiger partial charge in [-0.3, -0.25) is 0 Å². The number of ether oxygens (including phenoxy) is 1. The van der Waals surface area contributed by atoms with Crippen LogP contribution < -0.4 is 5.32 Å². The van der Waals surface area contributed by atoms with Crippen LogP contribution in [0.4, 0.5) is 0 Å². The van der Waals surface area contributed by atoms with E-state index in [-0.39, 0.29) is 0 Å². The summed E-state index contributed by atoms with van der Waals surface area (Å²) in [6.45, 7) is 5.96. The highest BCUT2D eigenvalue weighted by Gasteiger charge is 2.17. The van der Waals surface area contributed by atoms with E-state index in [0.29, 0.717) is 12.1 Å². The van der Waals surface area contributed by atoms with Gasteiger partial charge in [-0.05, 0) is 18.9 Å². The predicted molar refractivity (Wildman–Crippen MR) is 66.7 cm³/mol. The van der Waals surface area contributed by atoms with Gasteiger partial charge in [-0.1, -0.05) is 13.8 Å². The molecule has 0 spiro atoms. The normalized spacial score (nSPS) is 20.1. The van der Waals surface area contributed by atoms with E-state index in [2.05, 4.69) is 29.1 Å². The summed E-state index contributed by atoms with van der Waals surface area (Å²) in [4.78, 5) is 8.87. The van der Waals surface area contributed by atoms with Gasteiger partial charge in [0.25, 0.3) is 0 Å². The lowest BCUT2D eigenvalue weighted by atomic mass is 10.2. The molecule has 2 heterocycles. The first-order valence-corrected chi connectivity index (χ1v) is 6.40. The van der Waals surface area contributed by atoms with Crippen LogP contribution in [0.5, 0.6) is 0 Å². The highest BCUT2D eigenvalue weighted by atomic mass is 16.5. The third-order valence-electron chi connectivity index (χ3n) is 2.89. The van der Waals surface area contributed by atoms with E-state index in [9.17, 15) is 0 Å². The van der Waals surface area contributed by atoms with Crippen molar-refractivity contribution in [3.8, 4) is 0 Å². The molecule has 1 saturated heterocycles. The fourth-order valence-electron chi connectivity index (χ4n) is 1.96. The Morgan fingerprint density at radius 2 is 2.41 bits per heavy atom. The fraction of sp³-hybridized carbons (Fsp3) is 0.692. The summed E-state index contributed by atoms with van der Waals surface area (Å²) in [5.74, 6) is 0.903. The van der Waals surface area contributed by atoms with Crippen LogP contribution in [0.15, 0.2) is 12.3 Å². The molecule has 1 aromatic rings. The van der Waals surface area contributed by atoms with E-state index < -0.39 is 0 Å². The van der Waals surface area contributed by atoms with Gasteiger partial charge < -0.3 is 10.1 Å². The van der Waals surface area contributed by atoms with Crippen molar-refractivity contribution in [3.05, 3.63) is 23.8 Å². The molecule has 0 aliphatic carbocycles. The Hall–Kier alpha value is -1.00. The molecule has 17 heavy (non-hydrogen) atoms. The van der Waals surface area contributed by atoms with Crippen LogP contribution in [0.1, 0.15) is 38.2 Å². The SMILES string of the molecule is CC(C)NCc1ccnc(CC2CCCO2)n1. The van der Waals surface area contributed by atoms with Gasteiger partial charge in [0.2, 0.25) is 0 Å². The molecule has 1 N–H and O–H groups in total. The average Bonchev–Trinajstić information content (AvgIpc) is 2.80. The summed E-state index contributed by atoms with van der Waals surface area (Å²) in [6.07, 6.45) is 5.31. The largest absolute Gasteiger partial charge is 0.378 e. The van der Waals surface area contributed by atoms with Gasteiger partial charge in [0.1, 0.15) is 5.82 Å². The number of aromatic nitrogens is 2. The van der Waals surface area contributed by atoms with Crippen molar-refractivity contribution in [2.45, 2.75) is 51.8 Å². The van der Waals surface area contributed by atoms with E-state index in [4.69, 9.17) is 4.74 Å². The molecule has 1 aromatic heterocycles. The molecule has 1 fully saturated rings. The highest BCUT2D eigenvalue weighted by molar-refractivity contribution is 5.03. The van der Waals surface area contributed by atoms with Gasteiger partial charge in [-0.15, -0.1) is 0 Å². The van der Waals surface area contributed by atoms with Crippen molar-refractivity contribution < 1.29 is 4.74 Å². The fourth-order valence-corrected chi connectivity index (χ4v) is 1.96. The number of nitrogens with one attached hydrogen (secondary N) is 1. The molecule has 2 rings (SSSR count). The summed E-state index contributed by atoms with van der Waals surface area (Å²) in [5.41, 5.74) is 1.06.